The van der Waals surface area contributed by atoms with Gasteiger partial charge in [0, 0.05) is 45.0 Å². The molecule has 9 nitrogen and oxygen atoms in total. The van der Waals surface area contributed by atoms with E-state index in [4.69, 9.17) is 10.1 Å². The molecule has 1 unspecified atom stereocenters. The van der Waals surface area contributed by atoms with Gasteiger partial charge in [0.15, 0.2) is 5.13 Å². The number of carboxylic acid groups (broad SMARTS) is 1. The zero-order valence-corrected chi connectivity index (χ0v) is 20.2. The molecular weight excluding hydrogens is 452 g/mol. The number of carbonyl (C=O) groups is 1. The van der Waals surface area contributed by atoms with E-state index >= 15 is 0 Å². The van der Waals surface area contributed by atoms with Gasteiger partial charge in [-0.15, -0.1) is 0 Å². The smallest absolute Gasteiger partial charge is 0.303 e. The predicted molar refractivity (Wildman–Crippen MR) is 133 cm³/mol. The number of likely N-dealkylation sites (tertiary alicyclic amines) is 1. The van der Waals surface area contributed by atoms with Crippen molar-refractivity contribution in [2.45, 2.75) is 44.9 Å². The van der Waals surface area contributed by atoms with Crippen molar-refractivity contribution in [2.75, 3.05) is 30.4 Å². The minimum Gasteiger partial charge on any atom is -0.481 e. The van der Waals surface area contributed by atoms with E-state index in [-0.39, 0.29) is 12.8 Å². The monoisotopic (exact) mass is 482 g/mol. The van der Waals surface area contributed by atoms with Gasteiger partial charge in [-0.2, -0.15) is 0 Å². The normalized spacial score (nSPS) is 15.7. The van der Waals surface area contributed by atoms with Crippen molar-refractivity contribution in [1.29, 1.82) is 0 Å². The van der Waals surface area contributed by atoms with Crippen LogP contribution in [0.25, 0.3) is 10.6 Å². The summed E-state index contributed by atoms with van der Waals surface area (Å²) in [6.45, 7) is 3.49. The lowest BCUT2D eigenvalue weighted by Crippen LogP contribution is -2.47. The molecule has 1 fully saturated rings. The van der Waals surface area contributed by atoms with Crippen LogP contribution in [-0.2, 0) is 4.79 Å². The Bertz CT molecular complexity index is 1120. The van der Waals surface area contributed by atoms with Crippen LogP contribution in [0.1, 0.15) is 31.2 Å². The lowest BCUT2D eigenvalue weighted by molar-refractivity contribution is -0.138. The summed E-state index contributed by atoms with van der Waals surface area (Å²) in [6.07, 6.45) is 4.94. The number of hydrogen-bond acceptors (Lipinski definition) is 9. The van der Waals surface area contributed by atoms with Gasteiger partial charge in [-0.25, -0.2) is 15.0 Å². The molecule has 0 aliphatic carbocycles. The Kier molecular flexibility index (Phi) is 7.71. The summed E-state index contributed by atoms with van der Waals surface area (Å²) in [4.78, 5) is 29.6. The topological polar surface area (TPSA) is 115 Å². The summed E-state index contributed by atoms with van der Waals surface area (Å²) in [5.41, 5.74) is 1.98. The summed E-state index contributed by atoms with van der Waals surface area (Å²) in [5, 5.41) is 23.3. The van der Waals surface area contributed by atoms with E-state index in [9.17, 15) is 9.90 Å². The van der Waals surface area contributed by atoms with Gasteiger partial charge >= 0.3 is 5.97 Å². The molecule has 0 spiro atoms. The number of aliphatic hydroxyl groups excluding tert-OH is 1. The molecule has 0 bridgehead atoms. The molecule has 34 heavy (non-hydrogen) atoms. The maximum atomic E-state index is 10.7. The molecule has 3 aromatic heterocycles. The third-order valence-electron chi connectivity index (χ3n) is 6.05. The van der Waals surface area contributed by atoms with Crippen LogP contribution >= 0.6 is 11.3 Å². The Morgan fingerprint density at radius 1 is 1.26 bits per heavy atom. The van der Waals surface area contributed by atoms with Crippen molar-refractivity contribution in [3.05, 3.63) is 48.3 Å². The number of hydrogen-bond donors (Lipinski definition) is 3. The largest absolute Gasteiger partial charge is 0.481 e. The number of pyridine rings is 2. The lowest BCUT2D eigenvalue weighted by Gasteiger charge is -2.38. The first-order valence-electron chi connectivity index (χ1n) is 11.4. The molecule has 1 aliphatic rings. The van der Waals surface area contributed by atoms with Gasteiger partial charge in [0.25, 0.3) is 0 Å². The van der Waals surface area contributed by atoms with Gasteiger partial charge in [0.2, 0.25) is 0 Å². The quantitative estimate of drug-likeness (QED) is 0.419. The van der Waals surface area contributed by atoms with Gasteiger partial charge in [-0.1, -0.05) is 17.4 Å². The minimum atomic E-state index is -0.879. The highest BCUT2D eigenvalue weighted by molar-refractivity contribution is 7.18. The van der Waals surface area contributed by atoms with Crippen LogP contribution in [-0.4, -0.2) is 68.4 Å². The number of aliphatic hydroxyl groups is 1. The fraction of sp³-hybridized carbons (Fsp3) is 0.417. The van der Waals surface area contributed by atoms with E-state index in [0.29, 0.717) is 6.04 Å². The maximum Gasteiger partial charge on any atom is 0.303 e. The van der Waals surface area contributed by atoms with Gasteiger partial charge < -0.3 is 20.4 Å². The Balaban J connectivity index is 1.36. The van der Waals surface area contributed by atoms with Crippen LogP contribution in [0.2, 0.25) is 0 Å². The van der Waals surface area contributed by atoms with E-state index in [0.717, 1.165) is 58.8 Å². The summed E-state index contributed by atoms with van der Waals surface area (Å²) in [5.74, 6) is 0.609. The molecule has 0 aromatic carbocycles. The van der Waals surface area contributed by atoms with Crippen LogP contribution in [0.4, 0.5) is 16.8 Å². The number of nitrogens with one attached hydrogen (secondary N) is 1. The van der Waals surface area contributed by atoms with Crippen LogP contribution in [0, 0.1) is 6.92 Å². The molecule has 0 amide bonds. The minimum absolute atomic E-state index is 0.0187. The van der Waals surface area contributed by atoms with Crippen LogP contribution in [0.5, 0.6) is 0 Å². The van der Waals surface area contributed by atoms with E-state index < -0.39 is 12.2 Å². The highest BCUT2D eigenvalue weighted by Gasteiger charge is 2.27. The molecule has 0 saturated carbocycles. The average Bonchev–Trinajstić information content (AvgIpc) is 3.33. The fourth-order valence-corrected chi connectivity index (χ4v) is 5.01. The van der Waals surface area contributed by atoms with Crippen molar-refractivity contribution >= 4 is 34.1 Å². The number of aryl methyl sites for hydroxylation is 1. The van der Waals surface area contributed by atoms with Crippen LogP contribution in [0.15, 0.2) is 42.7 Å². The summed E-state index contributed by atoms with van der Waals surface area (Å²) < 4.78 is 0. The standard InChI is InChI=1S/C24H30N6O3S/c1-16-8-11-25-21(14-16)28-20-5-3-4-18(27-20)19-15-26-24(34-19)29(2)17-9-12-30(13-10-17)22(31)6-7-23(32)33/h3-5,8,11,14-15,17,22,31H,6-7,9-10,12-13H2,1-2H3,(H,32,33)(H,25,27,28). The first kappa shape index (κ1) is 24.1. The summed E-state index contributed by atoms with van der Waals surface area (Å²) in [6, 6.07) is 10.1. The average molecular weight is 483 g/mol. The van der Waals surface area contributed by atoms with Crippen molar-refractivity contribution in [3.63, 3.8) is 0 Å². The molecule has 4 heterocycles. The second-order valence-corrected chi connectivity index (χ2v) is 9.56. The number of piperidine rings is 1. The zero-order chi connectivity index (χ0) is 24.1. The number of nitrogens with zero attached hydrogens (tertiary/aromatic N) is 5. The molecular formula is C24H30N6O3S. The van der Waals surface area contributed by atoms with Gasteiger partial charge in [0.1, 0.15) is 17.9 Å². The second kappa shape index (κ2) is 10.9. The Hall–Kier alpha value is -3.08. The van der Waals surface area contributed by atoms with Crippen molar-refractivity contribution in [3.8, 4) is 10.6 Å². The van der Waals surface area contributed by atoms with Crippen molar-refractivity contribution in [2.24, 2.45) is 0 Å². The number of rotatable bonds is 9. The van der Waals surface area contributed by atoms with E-state index in [1.165, 1.54) is 0 Å². The number of carboxylic acids is 1. The Morgan fingerprint density at radius 2 is 2.06 bits per heavy atom. The highest BCUT2D eigenvalue weighted by atomic mass is 32.1. The number of anilines is 3. The van der Waals surface area contributed by atoms with Crippen molar-refractivity contribution < 1.29 is 15.0 Å². The lowest BCUT2D eigenvalue weighted by atomic mass is 10.0. The molecule has 10 heteroatoms. The Morgan fingerprint density at radius 3 is 2.79 bits per heavy atom. The molecule has 3 aromatic rings. The van der Waals surface area contributed by atoms with E-state index in [1.807, 2.05) is 48.4 Å². The van der Waals surface area contributed by atoms with E-state index in [2.05, 4.69) is 27.2 Å². The molecule has 180 valence electrons. The summed E-state index contributed by atoms with van der Waals surface area (Å²) in [7, 11) is 2.05. The number of thiazole rings is 1. The Labute approximate surface area is 203 Å². The molecule has 0 radical (unpaired) electrons. The second-order valence-electron chi connectivity index (χ2n) is 8.55. The van der Waals surface area contributed by atoms with Crippen LogP contribution < -0.4 is 10.2 Å². The molecule has 1 aliphatic heterocycles. The predicted octanol–water partition coefficient (Wildman–Crippen LogP) is 3.74. The third-order valence-corrected chi connectivity index (χ3v) is 7.16. The maximum absolute atomic E-state index is 10.7. The third kappa shape index (κ3) is 6.07. The molecule has 1 saturated heterocycles. The molecule has 3 N–H and O–H groups in total. The van der Waals surface area contributed by atoms with Gasteiger partial charge in [-0.05, 0) is 56.0 Å². The molecule has 1 atom stereocenters. The number of aliphatic carboxylic acids is 1. The van der Waals surface area contributed by atoms with Gasteiger partial charge in [-0.3, -0.25) is 9.69 Å². The van der Waals surface area contributed by atoms with Crippen LogP contribution in [0.3, 0.4) is 0 Å². The van der Waals surface area contributed by atoms with Gasteiger partial charge in [0.05, 0.1) is 10.6 Å². The van der Waals surface area contributed by atoms with Crippen molar-refractivity contribution in [1.82, 2.24) is 19.9 Å². The first-order chi connectivity index (χ1) is 16.4. The zero-order valence-electron chi connectivity index (χ0n) is 19.4. The number of aromatic nitrogens is 3. The van der Waals surface area contributed by atoms with E-state index in [1.54, 1.807) is 17.5 Å². The molecule has 4 rings (SSSR count). The highest BCUT2D eigenvalue weighted by Crippen LogP contribution is 2.33. The SMILES string of the molecule is Cc1ccnc(Nc2cccc(-c3cnc(N(C)C4CCN(C(O)CCC(=O)O)CC4)s3)n2)c1. The first-order valence-corrected chi connectivity index (χ1v) is 12.2. The summed E-state index contributed by atoms with van der Waals surface area (Å²) >= 11 is 1.60. The fourth-order valence-electron chi connectivity index (χ4n) is 4.09.